The van der Waals surface area contributed by atoms with E-state index < -0.39 is 0 Å². The zero-order chi connectivity index (χ0) is 15.1. The number of aryl methyl sites for hydroxylation is 2. The molecule has 106 valence electrons. The summed E-state index contributed by atoms with van der Waals surface area (Å²) < 4.78 is 2.36. The third-order valence-electron chi connectivity index (χ3n) is 4.39. The van der Waals surface area contributed by atoms with Gasteiger partial charge in [-0.2, -0.15) is 4.57 Å². The molecule has 0 N–H and O–H groups in total. The molecule has 0 unspecified atom stereocenters. The van der Waals surface area contributed by atoms with Gasteiger partial charge < -0.3 is 0 Å². The minimum atomic E-state index is 1.25. The molecule has 4 aromatic rings. The highest BCUT2D eigenvalue weighted by Crippen LogP contribution is 2.24. The summed E-state index contributed by atoms with van der Waals surface area (Å²) in [4.78, 5) is 0. The van der Waals surface area contributed by atoms with Gasteiger partial charge in [0.25, 0.3) is 0 Å². The zero-order valence-corrected chi connectivity index (χ0v) is 12.9. The van der Waals surface area contributed by atoms with Crippen molar-refractivity contribution in [2.45, 2.75) is 13.8 Å². The maximum atomic E-state index is 2.36. The molecule has 1 heteroatoms. The second-order valence-corrected chi connectivity index (χ2v) is 5.82. The third kappa shape index (κ3) is 1.90. The highest BCUT2D eigenvalue weighted by molar-refractivity contribution is 6.05. The number of fused-ring (bicyclic) bond motifs is 3. The van der Waals surface area contributed by atoms with Crippen LogP contribution in [0.3, 0.4) is 0 Å². The second-order valence-electron chi connectivity index (χ2n) is 5.82. The lowest BCUT2D eigenvalue weighted by atomic mass is 10.0. The van der Waals surface area contributed by atoms with E-state index in [1.807, 2.05) is 0 Å². The monoisotopic (exact) mass is 284 g/mol. The lowest BCUT2D eigenvalue weighted by molar-refractivity contribution is -0.574. The van der Waals surface area contributed by atoms with E-state index in [1.165, 1.54) is 38.6 Å². The van der Waals surface area contributed by atoms with Crippen molar-refractivity contribution in [2.24, 2.45) is 0 Å². The predicted molar refractivity (Wildman–Crippen MR) is 92.5 cm³/mol. The first-order chi connectivity index (χ1) is 10.8. The summed E-state index contributed by atoms with van der Waals surface area (Å²) >= 11 is 0. The number of hydrogen-bond donors (Lipinski definition) is 0. The molecule has 0 atom stereocenters. The van der Waals surface area contributed by atoms with E-state index in [-0.39, 0.29) is 0 Å². The van der Waals surface area contributed by atoms with Crippen molar-refractivity contribution >= 4 is 21.7 Å². The van der Waals surface area contributed by atoms with Crippen LogP contribution in [0.15, 0.2) is 72.8 Å². The fraction of sp³-hybridized carbons (Fsp3) is 0.0952. The number of aromatic nitrogens is 1. The van der Waals surface area contributed by atoms with Gasteiger partial charge in [0.05, 0.1) is 5.39 Å². The molecule has 0 saturated carbocycles. The van der Waals surface area contributed by atoms with Crippen molar-refractivity contribution in [2.75, 3.05) is 0 Å². The van der Waals surface area contributed by atoms with Gasteiger partial charge in [0, 0.05) is 30.7 Å². The summed E-state index contributed by atoms with van der Waals surface area (Å²) in [5, 5.41) is 3.89. The number of para-hydroxylation sites is 1. The molecule has 3 aromatic carbocycles. The molecule has 4 rings (SSSR count). The Labute approximate surface area is 130 Å². The number of pyridine rings is 1. The molecule has 0 bridgehead atoms. The highest BCUT2D eigenvalue weighted by Gasteiger charge is 2.18. The number of hydrogen-bond acceptors (Lipinski definition) is 0. The summed E-state index contributed by atoms with van der Waals surface area (Å²) in [7, 11) is 0. The highest BCUT2D eigenvalue weighted by atomic mass is 15.0. The van der Waals surface area contributed by atoms with Gasteiger partial charge in [-0.3, -0.25) is 0 Å². The first-order valence-electron chi connectivity index (χ1n) is 7.65. The maximum Gasteiger partial charge on any atom is 0.219 e. The second kappa shape index (κ2) is 4.96. The lowest BCUT2D eigenvalue weighted by Crippen LogP contribution is -2.35. The molecule has 22 heavy (non-hydrogen) atoms. The molecule has 1 nitrogen and oxygen atoms in total. The molecular weight excluding hydrogens is 266 g/mol. The minimum absolute atomic E-state index is 1.25. The van der Waals surface area contributed by atoms with Crippen molar-refractivity contribution in [1.29, 1.82) is 0 Å². The van der Waals surface area contributed by atoms with E-state index in [9.17, 15) is 0 Å². The number of benzene rings is 3. The van der Waals surface area contributed by atoms with Crippen LogP contribution >= 0.6 is 0 Å². The lowest BCUT2D eigenvalue weighted by Gasteiger charge is -2.08. The van der Waals surface area contributed by atoms with Crippen molar-refractivity contribution in [1.82, 2.24) is 0 Å². The van der Waals surface area contributed by atoms with E-state index in [0.717, 1.165) is 0 Å². The standard InChI is InChI=1S/C21H18N/c1-15-7-3-6-10-20(15)22-16(2)11-13-19-18-9-5-4-8-17(18)12-14-21(19)22/h3-14H,1-2H3/q+1. The van der Waals surface area contributed by atoms with Crippen LogP contribution in [0.5, 0.6) is 0 Å². The van der Waals surface area contributed by atoms with Gasteiger partial charge in [0.1, 0.15) is 0 Å². The molecule has 0 aliphatic rings. The van der Waals surface area contributed by atoms with Crippen LogP contribution in [0.25, 0.3) is 27.4 Å². The van der Waals surface area contributed by atoms with Gasteiger partial charge in [-0.15, -0.1) is 0 Å². The average molecular weight is 284 g/mol. The summed E-state index contributed by atoms with van der Waals surface area (Å²) in [5.41, 5.74) is 5.04. The van der Waals surface area contributed by atoms with Gasteiger partial charge in [-0.05, 0) is 29.8 Å². The van der Waals surface area contributed by atoms with E-state index in [0.29, 0.717) is 0 Å². The van der Waals surface area contributed by atoms with Crippen LogP contribution in [-0.4, -0.2) is 0 Å². The number of nitrogens with zero attached hydrogens (tertiary/aromatic N) is 1. The Kier molecular flexibility index (Phi) is 2.93. The van der Waals surface area contributed by atoms with Crippen molar-refractivity contribution in [3.05, 3.63) is 84.1 Å². The summed E-state index contributed by atoms with van der Waals surface area (Å²) in [6, 6.07) is 26.0. The Morgan fingerprint density at radius 2 is 1.41 bits per heavy atom. The van der Waals surface area contributed by atoms with E-state index >= 15 is 0 Å². The van der Waals surface area contributed by atoms with E-state index in [1.54, 1.807) is 0 Å². The van der Waals surface area contributed by atoms with Crippen molar-refractivity contribution in [3.8, 4) is 5.69 Å². The first kappa shape index (κ1) is 13.0. The average Bonchev–Trinajstić information content (AvgIpc) is 2.55. The minimum Gasteiger partial charge on any atom is -0.157 e. The van der Waals surface area contributed by atoms with Crippen LogP contribution in [0.4, 0.5) is 0 Å². The molecule has 0 fully saturated rings. The fourth-order valence-corrected chi connectivity index (χ4v) is 3.26. The largest absolute Gasteiger partial charge is 0.219 e. The Hall–Kier alpha value is -2.67. The summed E-state index contributed by atoms with van der Waals surface area (Å²) in [6.07, 6.45) is 0. The SMILES string of the molecule is Cc1ccccc1-[n+]1c(C)ccc2c3ccccc3ccc21. The Morgan fingerprint density at radius 3 is 2.27 bits per heavy atom. The van der Waals surface area contributed by atoms with Gasteiger partial charge >= 0.3 is 0 Å². The molecule has 1 heterocycles. The van der Waals surface area contributed by atoms with E-state index in [4.69, 9.17) is 0 Å². The van der Waals surface area contributed by atoms with Crippen LogP contribution in [-0.2, 0) is 0 Å². The molecule has 0 aliphatic carbocycles. The summed E-state index contributed by atoms with van der Waals surface area (Å²) in [5.74, 6) is 0. The van der Waals surface area contributed by atoms with Gasteiger partial charge in [-0.1, -0.05) is 42.5 Å². The van der Waals surface area contributed by atoms with Gasteiger partial charge in [-0.25, -0.2) is 0 Å². The zero-order valence-electron chi connectivity index (χ0n) is 12.9. The maximum absolute atomic E-state index is 2.36. The molecule has 0 amide bonds. The van der Waals surface area contributed by atoms with Crippen LogP contribution in [0.1, 0.15) is 11.3 Å². The van der Waals surface area contributed by atoms with Crippen LogP contribution in [0, 0.1) is 13.8 Å². The molecule has 0 radical (unpaired) electrons. The van der Waals surface area contributed by atoms with Crippen LogP contribution in [0.2, 0.25) is 0 Å². The third-order valence-corrected chi connectivity index (χ3v) is 4.39. The van der Waals surface area contributed by atoms with Gasteiger partial charge in [0.2, 0.25) is 11.2 Å². The summed E-state index contributed by atoms with van der Waals surface area (Å²) in [6.45, 7) is 4.34. The quantitative estimate of drug-likeness (QED) is 0.346. The molecule has 0 saturated heterocycles. The topological polar surface area (TPSA) is 3.88 Å². The van der Waals surface area contributed by atoms with Gasteiger partial charge in [0.15, 0.2) is 5.69 Å². The van der Waals surface area contributed by atoms with E-state index in [2.05, 4.69) is 91.2 Å². The molecule has 0 aliphatic heterocycles. The first-order valence-corrected chi connectivity index (χ1v) is 7.65. The van der Waals surface area contributed by atoms with Crippen molar-refractivity contribution < 1.29 is 4.57 Å². The normalized spacial score (nSPS) is 11.2. The fourth-order valence-electron chi connectivity index (χ4n) is 3.26. The Bertz CT molecular complexity index is 999. The molecular formula is C21H18N+. The smallest absolute Gasteiger partial charge is 0.157 e. The Morgan fingerprint density at radius 1 is 0.636 bits per heavy atom. The molecule has 1 aromatic heterocycles. The van der Waals surface area contributed by atoms with Crippen LogP contribution < -0.4 is 4.57 Å². The predicted octanol–water partition coefficient (Wildman–Crippen LogP) is 4.89. The van der Waals surface area contributed by atoms with Crippen molar-refractivity contribution in [3.63, 3.8) is 0 Å². The molecule has 0 spiro atoms. The number of rotatable bonds is 1. The Balaban J connectivity index is 2.17.